The molecule has 2 amide bonds. The van der Waals surface area contributed by atoms with Gasteiger partial charge in [-0.3, -0.25) is 9.59 Å². The molecule has 0 aliphatic carbocycles. The molecule has 2 aromatic carbocycles. The Morgan fingerprint density at radius 2 is 1.96 bits per heavy atom. The van der Waals surface area contributed by atoms with Crippen LogP contribution in [0.1, 0.15) is 23.7 Å². The van der Waals surface area contributed by atoms with Gasteiger partial charge in [-0.2, -0.15) is 0 Å². The van der Waals surface area contributed by atoms with Crippen molar-refractivity contribution in [1.29, 1.82) is 0 Å². The summed E-state index contributed by atoms with van der Waals surface area (Å²) in [5.74, 6) is -0.0373. The molecule has 134 valence electrons. The van der Waals surface area contributed by atoms with Gasteiger partial charge in [0.25, 0.3) is 5.91 Å². The smallest absolute Gasteiger partial charge is 0.251 e. The van der Waals surface area contributed by atoms with E-state index >= 15 is 0 Å². The van der Waals surface area contributed by atoms with Crippen LogP contribution in [-0.2, 0) is 4.79 Å². The summed E-state index contributed by atoms with van der Waals surface area (Å²) in [6, 6.07) is 13.8. The summed E-state index contributed by atoms with van der Waals surface area (Å²) in [5.41, 5.74) is 0.622. The number of nitrogens with one attached hydrogen (secondary N) is 2. The fourth-order valence-electron chi connectivity index (χ4n) is 3.07. The van der Waals surface area contributed by atoms with Crippen LogP contribution in [0.2, 0.25) is 0 Å². The van der Waals surface area contributed by atoms with Crippen LogP contribution in [-0.4, -0.2) is 48.9 Å². The summed E-state index contributed by atoms with van der Waals surface area (Å²) >= 11 is 0. The molecule has 2 aromatic rings. The molecule has 0 radical (unpaired) electrons. The lowest BCUT2D eigenvalue weighted by Crippen LogP contribution is -2.52. The average molecular weight is 362 g/mol. The van der Waals surface area contributed by atoms with Gasteiger partial charge in [0.2, 0.25) is 5.91 Å². The molecule has 6 heteroatoms. The first-order chi connectivity index (χ1) is 11.6. The van der Waals surface area contributed by atoms with E-state index in [1.807, 2.05) is 54.3 Å². The fraction of sp³-hybridized carbons (Fsp3) is 0.368. The van der Waals surface area contributed by atoms with Gasteiger partial charge in [0.05, 0.1) is 0 Å². The largest absolute Gasteiger partial charge is 0.352 e. The van der Waals surface area contributed by atoms with Crippen molar-refractivity contribution < 1.29 is 9.59 Å². The van der Waals surface area contributed by atoms with Crippen LogP contribution in [0.15, 0.2) is 42.5 Å². The minimum atomic E-state index is -0.137. The molecule has 1 aliphatic rings. The first-order valence-corrected chi connectivity index (χ1v) is 8.42. The highest BCUT2D eigenvalue weighted by molar-refractivity contribution is 5.98. The second kappa shape index (κ2) is 8.83. The van der Waals surface area contributed by atoms with E-state index in [9.17, 15) is 9.59 Å². The SMILES string of the molecule is C[C@@H]1CNCCN1C(=O)CCNC(=O)c1ccc2ccccc2c1.Cl. The molecule has 0 saturated carbocycles. The van der Waals surface area contributed by atoms with Crippen molar-refractivity contribution in [2.45, 2.75) is 19.4 Å². The van der Waals surface area contributed by atoms with E-state index in [2.05, 4.69) is 10.6 Å². The lowest BCUT2D eigenvalue weighted by atomic mass is 10.1. The summed E-state index contributed by atoms with van der Waals surface area (Å²) in [7, 11) is 0. The highest BCUT2D eigenvalue weighted by Gasteiger charge is 2.22. The molecule has 5 nitrogen and oxygen atoms in total. The van der Waals surface area contributed by atoms with Crippen molar-refractivity contribution in [2.75, 3.05) is 26.2 Å². The molecule has 3 rings (SSSR count). The number of carbonyl (C=O) groups is 2. The maximum atomic E-state index is 12.3. The monoisotopic (exact) mass is 361 g/mol. The van der Waals surface area contributed by atoms with E-state index in [-0.39, 0.29) is 30.3 Å². The van der Waals surface area contributed by atoms with Gasteiger partial charge in [-0.15, -0.1) is 12.4 Å². The summed E-state index contributed by atoms with van der Waals surface area (Å²) in [6.45, 7) is 4.80. The van der Waals surface area contributed by atoms with Gasteiger partial charge in [-0.1, -0.05) is 30.3 Å². The Morgan fingerprint density at radius 1 is 1.20 bits per heavy atom. The van der Waals surface area contributed by atoms with Gasteiger partial charge in [0.1, 0.15) is 0 Å². The number of nitrogens with zero attached hydrogens (tertiary/aromatic N) is 1. The van der Waals surface area contributed by atoms with Gasteiger partial charge < -0.3 is 15.5 Å². The molecule has 0 spiro atoms. The number of carbonyl (C=O) groups excluding carboxylic acids is 2. The van der Waals surface area contributed by atoms with Crippen molar-refractivity contribution in [1.82, 2.24) is 15.5 Å². The van der Waals surface area contributed by atoms with Crippen molar-refractivity contribution in [3.8, 4) is 0 Å². The van der Waals surface area contributed by atoms with Crippen LogP contribution in [0.4, 0.5) is 0 Å². The molecule has 0 bridgehead atoms. The number of hydrogen-bond acceptors (Lipinski definition) is 3. The second-order valence-corrected chi connectivity index (χ2v) is 6.21. The molecule has 2 N–H and O–H groups in total. The minimum absolute atomic E-state index is 0. The second-order valence-electron chi connectivity index (χ2n) is 6.21. The third-order valence-electron chi connectivity index (χ3n) is 4.46. The number of rotatable bonds is 4. The Morgan fingerprint density at radius 3 is 2.72 bits per heavy atom. The quantitative estimate of drug-likeness (QED) is 0.877. The fourth-order valence-corrected chi connectivity index (χ4v) is 3.07. The maximum absolute atomic E-state index is 12.3. The molecule has 1 saturated heterocycles. The summed E-state index contributed by atoms with van der Waals surface area (Å²) in [6.07, 6.45) is 0.337. The lowest BCUT2D eigenvalue weighted by Gasteiger charge is -2.34. The molecule has 1 aliphatic heterocycles. The van der Waals surface area contributed by atoms with Crippen LogP contribution < -0.4 is 10.6 Å². The summed E-state index contributed by atoms with van der Waals surface area (Å²) in [4.78, 5) is 26.4. The zero-order valence-corrected chi connectivity index (χ0v) is 15.1. The lowest BCUT2D eigenvalue weighted by molar-refractivity contribution is -0.133. The normalized spacial score (nSPS) is 17.0. The van der Waals surface area contributed by atoms with Crippen molar-refractivity contribution in [2.24, 2.45) is 0 Å². The van der Waals surface area contributed by atoms with Gasteiger partial charge in [0, 0.05) is 44.2 Å². The number of halogens is 1. The van der Waals surface area contributed by atoms with E-state index in [0.717, 1.165) is 30.4 Å². The van der Waals surface area contributed by atoms with Gasteiger partial charge in [-0.05, 0) is 29.8 Å². The van der Waals surface area contributed by atoms with Crippen LogP contribution in [0.25, 0.3) is 10.8 Å². The van der Waals surface area contributed by atoms with E-state index in [4.69, 9.17) is 0 Å². The molecule has 1 heterocycles. The van der Waals surface area contributed by atoms with Crippen molar-refractivity contribution >= 4 is 35.0 Å². The van der Waals surface area contributed by atoms with E-state index in [1.54, 1.807) is 0 Å². The van der Waals surface area contributed by atoms with Crippen LogP contribution in [0.3, 0.4) is 0 Å². The molecule has 0 aromatic heterocycles. The van der Waals surface area contributed by atoms with E-state index in [0.29, 0.717) is 18.5 Å². The molecular formula is C19H24ClN3O2. The Balaban J connectivity index is 0.00000225. The average Bonchev–Trinajstić information content (AvgIpc) is 2.61. The summed E-state index contributed by atoms with van der Waals surface area (Å²) < 4.78 is 0. The van der Waals surface area contributed by atoms with Crippen molar-refractivity contribution in [3.05, 3.63) is 48.0 Å². The third kappa shape index (κ3) is 4.71. The van der Waals surface area contributed by atoms with E-state index in [1.165, 1.54) is 0 Å². The molecule has 0 unspecified atom stereocenters. The van der Waals surface area contributed by atoms with Gasteiger partial charge >= 0.3 is 0 Å². The Labute approximate surface area is 154 Å². The van der Waals surface area contributed by atoms with Gasteiger partial charge in [-0.25, -0.2) is 0 Å². The first kappa shape index (κ1) is 19.2. The maximum Gasteiger partial charge on any atom is 0.251 e. The Hall–Kier alpha value is -2.11. The zero-order chi connectivity index (χ0) is 16.9. The highest BCUT2D eigenvalue weighted by Crippen LogP contribution is 2.15. The number of benzene rings is 2. The molecular weight excluding hydrogens is 338 g/mol. The van der Waals surface area contributed by atoms with Crippen LogP contribution in [0.5, 0.6) is 0 Å². The first-order valence-electron chi connectivity index (χ1n) is 8.42. The predicted molar refractivity (Wildman–Crippen MR) is 102 cm³/mol. The molecule has 1 fully saturated rings. The zero-order valence-electron chi connectivity index (χ0n) is 14.3. The van der Waals surface area contributed by atoms with Crippen LogP contribution in [0, 0.1) is 0 Å². The van der Waals surface area contributed by atoms with E-state index < -0.39 is 0 Å². The topological polar surface area (TPSA) is 61.4 Å². The van der Waals surface area contributed by atoms with Crippen LogP contribution >= 0.6 is 12.4 Å². The number of piperazine rings is 1. The van der Waals surface area contributed by atoms with Gasteiger partial charge in [0.15, 0.2) is 0 Å². The minimum Gasteiger partial charge on any atom is -0.352 e. The standard InChI is InChI=1S/C19H23N3O2.ClH/c1-14-13-20-10-11-22(14)18(23)8-9-21-19(24)17-7-6-15-4-2-3-5-16(15)12-17;/h2-7,12,14,20H,8-11,13H2,1H3,(H,21,24);1H/t14-;/m1./s1. The van der Waals surface area contributed by atoms with Crippen molar-refractivity contribution in [3.63, 3.8) is 0 Å². The number of fused-ring (bicyclic) bond motifs is 1. The predicted octanol–water partition coefficient (Wildman–Crippen LogP) is 2.20. The number of amides is 2. The highest BCUT2D eigenvalue weighted by atomic mass is 35.5. The number of hydrogen-bond donors (Lipinski definition) is 2. The molecule has 25 heavy (non-hydrogen) atoms. The Kier molecular flexibility index (Phi) is 6.79. The Bertz CT molecular complexity index is 750. The third-order valence-corrected chi connectivity index (χ3v) is 4.46. The molecule has 1 atom stereocenters. The summed E-state index contributed by atoms with van der Waals surface area (Å²) in [5, 5.41) is 8.26.